The van der Waals surface area contributed by atoms with Crippen molar-refractivity contribution in [3.63, 3.8) is 0 Å². The molecule has 0 aliphatic heterocycles. The lowest BCUT2D eigenvalue weighted by Gasteiger charge is -1.70. The van der Waals surface area contributed by atoms with E-state index in [0.717, 1.165) is 3.04 Å². The van der Waals surface area contributed by atoms with Crippen molar-refractivity contribution in [3.8, 4) is 0 Å². The smallest absolute Gasteiger partial charge is 0.0788 e. The highest BCUT2D eigenvalue weighted by Crippen LogP contribution is 2.09. The van der Waals surface area contributed by atoms with E-state index in [1.54, 1.807) is 12.2 Å². The van der Waals surface area contributed by atoms with Crippen molar-refractivity contribution in [2.75, 3.05) is 0 Å². The van der Waals surface area contributed by atoms with Gasteiger partial charge in [-0.05, 0) is 28.7 Å². The molecule has 0 aliphatic rings. The molecule has 0 amide bonds. The van der Waals surface area contributed by atoms with Gasteiger partial charge in [-0.3, -0.25) is 0 Å². The topological polar surface area (TPSA) is 0 Å². The number of hydrogen-bond donors (Lipinski definition) is 0. The molecule has 0 fully saturated rings. The van der Waals surface area contributed by atoms with Crippen LogP contribution in [0.3, 0.4) is 0 Å². The first-order valence-corrected chi connectivity index (χ1v) is 2.86. The van der Waals surface area contributed by atoms with Crippen molar-refractivity contribution in [2.24, 2.45) is 0 Å². The standard InChI is InChI=1S/C4H4ClI/c1-2-3-4(5)6/h2-3H,1H2. The van der Waals surface area contributed by atoms with Gasteiger partial charge in [0.15, 0.2) is 0 Å². The van der Waals surface area contributed by atoms with Crippen LogP contribution in [0.15, 0.2) is 21.8 Å². The lowest BCUT2D eigenvalue weighted by atomic mass is 10.6. The zero-order valence-electron chi connectivity index (χ0n) is 3.12. The molecule has 0 radical (unpaired) electrons. The van der Waals surface area contributed by atoms with E-state index in [-0.39, 0.29) is 0 Å². The average Bonchev–Trinajstić information content (AvgIpc) is 1.35. The van der Waals surface area contributed by atoms with Crippen LogP contribution in [0.5, 0.6) is 0 Å². The summed E-state index contributed by atoms with van der Waals surface area (Å²) in [7, 11) is 0. The monoisotopic (exact) mass is 214 g/mol. The second-order valence-corrected chi connectivity index (χ2v) is 2.90. The molecule has 0 aromatic carbocycles. The predicted molar refractivity (Wildman–Crippen MR) is 38.2 cm³/mol. The molecule has 6 heavy (non-hydrogen) atoms. The number of hydrogen-bond acceptors (Lipinski definition) is 0. The minimum atomic E-state index is 0.739. The summed E-state index contributed by atoms with van der Waals surface area (Å²) < 4.78 is 0.739. The summed E-state index contributed by atoms with van der Waals surface area (Å²) in [5.41, 5.74) is 0. The lowest BCUT2D eigenvalue weighted by molar-refractivity contribution is 2.10. The average molecular weight is 214 g/mol. The zero-order valence-corrected chi connectivity index (χ0v) is 6.03. The van der Waals surface area contributed by atoms with E-state index in [4.69, 9.17) is 11.6 Å². The van der Waals surface area contributed by atoms with E-state index in [1.807, 2.05) is 22.6 Å². The maximum atomic E-state index is 5.35. The fourth-order valence-corrected chi connectivity index (χ4v) is 0.432. The molecule has 0 saturated carbocycles. The highest BCUT2D eigenvalue weighted by molar-refractivity contribution is 14.1. The first kappa shape index (κ1) is 6.50. The molecule has 0 nitrogen and oxygen atoms in total. The molecule has 0 N–H and O–H groups in total. The van der Waals surface area contributed by atoms with Crippen LogP contribution >= 0.6 is 34.2 Å². The summed E-state index contributed by atoms with van der Waals surface area (Å²) in [5.74, 6) is 0. The molecule has 0 bridgehead atoms. The van der Waals surface area contributed by atoms with Gasteiger partial charge in [0.05, 0.1) is 3.04 Å². The van der Waals surface area contributed by atoms with Gasteiger partial charge in [0.2, 0.25) is 0 Å². The lowest BCUT2D eigenvalue weighted by Crippen LogP contribution is -1.41. The van der Waals surface area contributed by atoms with Crippen LogP contribution < -0.4 is 0 Å². The summed E-state index contributed by atoms with van der Waals surface area (Å²) in [5, 5.41) is 0. The summed E-state index contributed by atoms with van der Waals surface area (Å²) >= 11 is 7.35. The normalized spacial score (nSPS) is 11.3. The van der Waals surface area contributed by atoms with Crippen LogP contribution in [-0.2, 0) is 0 Å². The van der Waals surface area contributed by atoms with E-state index in [0.29, 0.717) is 0 Å². The second-order valence-electron chi connectivity index (χ2n) is 0.692. The van der Waals surface area contributed by atoms with Crippen molar-refractivity contribution in [1.29, 1.82) is 0 Å². The van der Waals surface area contributed by atoms with Gasteiger partial charge in [-0.2, -0.15) is 0 Å². The Morgan fingerprint density at radius 3 is 2.33 bits per heavy atom. The zero-order chi connectivity index (χ0) is 4.99. The Labute approximate surface area is 56.0 Å². The van der Waals surface area contributed by atoms with Gasteiger partial charge < -0.3 is 0 Å². The first-order chi connectivity index (χ1) is 2.77. The van der Waals surface area contributed by atoms with Gasteiger partial charge in [-0.15, -0.1) is 0 Å². The third kappa shape index (κ3) is 4.50. The van der Waals surface area contributed by atoms with Crippen molar-refractivity contribution in [3.05, 3.63) is 21.8 Å². The molecule has 0 aromatic heterocycles. The molecule has 0 aliphatic carbocycles. The Morgan fingerprint density at radius 1 is 1.83 bits per heavy atom. The molecule has 2 heteroatoms. The largest absolute Gasteiger partial charge is 0.0990 e. The minimum absolute atomic E-state index is 0.739. The van der Waals surface area contributed by atoms with Crippen molar-refractivity contribution < 1.29 is 0 Å². The molecular formula is C4H4ClI. The van der Waals surface area contributed by atoms with Crippen LogP contribution in [0.1, 0.15) is 0 Å². The highest BCUT2D eigenvalue weighted by Gasteiger charge is 1.70. The summed E-state index contributed by atoms with van der Waals surface area (Å²) in [6, 6.07) is 0. The van der Waals surface area contributed by atoms with Crippen molar-refractivity contribution in [2.45, 2.75) is 0 Å². The van der Waals surface area contributed by atoms with Crippen LogP contribution in [-0.4, -0.2) is 0 Å². The molecule has 0 spiro atoms. The van der Waals surface area contributed by atoms with E-state index in [2.05, 4.69) is 6.58 Å². The van der Waals surface area contributed by atoms with E-state index >= 15 is 0 Å². The van der Waals surface area contributed by atoms with Crippen LogP contribution in [0, 0.1) is 0 Å². The van der Waals surface area contributed by atoms with Crippen molar-refractivity contribution >= 4 is 34.2 Å². The van der Waals surface area contributed by atoms with Gasteiger partial charge in [-0.1, -0.05) is 24.3 Å². The quantitative estimate of drug-likeness (QED) is 0.465. The molecule has 0 aromatic rings. The first-order valence-electron chi connectivity index (χ1n) is 1.41. The Kier molecular flexibility index (Phi) is 3.99. The van der Waals surface area contributed by atoms with E-state index < -0.39 is 0 Å². The molecule has 0 rings (SSSR count). The third-order valence-electron chi connectivity index (χ3n) is 0.244. The Morgan fingerprint density at radius 2 is 2.33 bits per heavy atom. The third-order valence-corrected chi connectivity index (χ3v) is 0.729. The maximum absolute atomic E-state index is 5.35. The van der Waals surface area contributed by atoms with Crippen LogP contribution in [0.4, 0.5) is 0 Å². The SMILES string of the molecule is C=CC=C(Cl)I. The van der Waals surface area contributed by atoms with E-state index in [9.17, 15) is 0 Å². The molecular weight excluding hydrogens is 210 g/mol. The Hall–Kier alpha value is 0.500. The van der Waals surface area contributed by atoms with Gasteiger partial charge in [-0.25, -0.2) is 0 Å². The van der Waals surface area contributed by atoms with Gasteiger partial charge in [0, 0.05) is 0 Å². The van der Waals surface area contributed by atoms with Crippen molar-refractivity contribution in [1.82, 2.24) is 0 Å². The minimum Gasteiger partial charge on any atom is -0.0990 e. The summed E-state index contributed by atoms with van der Waals surface area (Å²) in [4.78, 5) is 0. The van der Waals surface area contributed by atoms with Gasteiger partial charge in [0.1, 0.15) is 0 Å². The fraction of sp³-hybridized carbons (Fsp3) is 0. The second kappa shape index (κ2) is 3.68. The fourth-order valence-electron chi connectivity index (χ4n) is 0.0891. The maximum Gasteiger partial charge on any atom is 0.0788 e. The predicted octanol–water partition coefficient (Wildman–Crippen LogP) is 2.69. The highest BCUT2D eigenvalue weighted by atomic mass is 127. The molecule has 0 heterocycles. The van der Waals surface area contributed by atoms with Crippen LogP contribution in [0.25, 0.3) is 0 Å². The number of allylic oxidation sites excluding steroid dienone is 2. The van der Waals surface area contributed by atoms with Crippen LogP contribution in [0.2, 0.25) is 0 Å². The summed E-state index contributed by atoms with van der Waals surface area (Å²) in [6.07, 6.45) is 3.37. The Bertz CT molecular complexity index is 71.6. The number of rotatable bonds is 1. The molecule has 34 valence electrons. The van der Waals surface area contributed by atoms with E-state index in [1.165, 1.54) is 0 Å². The molecule has 0 unspecified atom stereocenters. The van der Waals surface area contributed by atoms with Gasteiger partial charge in [0.25, 0.3) is 0 Å². The molecule has 0 atom stereocenters. The molecule has 0 saturated heterocycles. The Balaban J connectivity index is 3.41. The number of halogens is 2. The van der Waals surface area contributed by atoms with Gasteiger partial charge >= 0.3 is 0 Å². The summed E-state index contributed by atoms with van der Waals surface area (Å²) in [6.45, 7) is 3.44.